The molecule has 1 aromatic heterocycles. The predicted octanol–water partition coefficient (Wildman–Crippen LogP) is 1.10. The third kappa shape index (κ3) is 3.68. The van der Waals surface area contributed by atoms with Crippen LogP contribution < -0.4 is 11.1 Å². The van der Waals surface area contributed by atoms with Crippen LogP contribution in [-0.2, 0) is 4.79 Å². The number of amides is 1. The Morgan fingerprint density at radius 3 is 3.00 bits per heavy atom. The molecule has 0 aliphatic heterocycles. The molecule has 2 aromatic rings. The predicted molar refractivity (Wildman–Crippen MR) is 80.5 cm³/mol. The Morgan fingerprint density at radius 1 is 1.52 bits per heavy atom. The molecular formula is C15H17N5O. The van der Waals surface area contributed by atoms with Crippen LogP contribution in [0.25, 0.3) is 0 Å². The average Bonchev–Trinajstić information content (AvgIpc) is 3.01. The minimum absolute atomic E-state index is 0.165. The van der Waals surface area contributed by atoms with Crippen molar-refractivity contribution >= 4 is 11.6 Å². The lowest BCUT2D eigenvalue weighted by molar-refractivity contribution is -0.119. The van der Waals surface area contributed by atoms with Crippen molar-refractivity contribution in [2.45, 2.75) is 19.9 Å². The minimum atomic E-state index is -0.438. The van der Waals surface area contributed by atoms with Gasteiger partial charge in [-0.2, -0.15) is 5.10 Å². The Balaban J connectivity index is 2.14. The number of carbonyl (C=O) groups excluding carboxylic acids is 1. The van der Waals surface area contributed by atoms with Crippen molar-refractivity contribution in [1.29, 1.82) is 0 Å². The maximum Gasteiger partial charge on any atom is 0.249 e. The maximum absolute atomic E-state index is 12.2. The third-order valence-corrected chi connectivity index (χ3v) is 3.04. The Hall–Kier alpha value is -2.65. The van der Waals surface area contributed by atoms with E-state index in [1.807, 2.05) is 25.1 Å². The summed E-state index contributed by atoms with van der Waals surface area (Å²) in [5, 5.41) is 6.81. The van der Waals surface area contributed by atoms with Crippen LogP contribution in [0.2, 0.25) is 0 Å². The van der Waals surface area contributed by atoms with Crippen molar-refractivity contribution in [3.8, 4) is 11.8 Å². The van der Waals surface area contributed by atoms with Gasteiger partial charge in [-0.3, -0.25) is 4.79 Å². The number of nitrogens with two attached hydrogens (primary N) is 1. The number of benzene rings is 1. The fraction of sp³-hybridized carbons (Fsp3) is 0.267. The monoisotopic (exact) mass is 283 g/mol. The molecule has 1 atom stereocenters. The minimum Gasteiger partial charge on any atom is -0.324 e. The normalized spacial score (nSPS) is 11.4. The number of hydrogen-bond acceptors (Lipinski definition) is 4. The van der Waals surface area contributed by atoms with Gasteiger partial charge in [0.15, 0.2) is 0 Å². The fourth-order valence-electron chi connectivity index (χ4n) is 1.76. The molecule has 0 aliphatic rings. The van der Waals surface area contributed by atoms with Crippen molar-refractivity contribution in [3.05, 3.63) is 42.0 Å². The molecule has 0 saturated heterocycles. The van der Waals surface area contributed by atoms with E-state index in [1.54, 1.807) is 6.92 Å². The number of nitrogens with zero attached hydrogens (tertiary/aromatic N) is 3. The van der Waals surface area contributed by atoms with Gasteiger partial charge in [-0.25, -0.2) is 9.67 Å². The Kier molecular flexibility index (Phi) is 4.69. The lowest BCUT2D eigenvalue weighted by Gasteiger charge is -2.12. The maximum atomic E-state index is 12.2. The Labute approximate surface area is 123 Å². The van der Waals surface area contributed by atoms with Gasteiger partial charge in [-0.15, -0.1) is 0 Å². The SMILES string of the molecule is Cc1ccc(NC(=O)C(C)n2cncn2)cc1C#CCN. The first-order valence-corrected chi connectivity index (χ1v) is 6.56. The molecule has 0 spiro atoms. The summed E-state index contributed by atoms with van der Waals surface area (Å²) in [5.74, 6) is 5.64. The molecule has 0 saturated carbocycles. The summed E-state index contributed by atoms with van der Waals surface area (Å²) in [6, 6.07) is 5.15. The van der Waals surface area contributed by atoms with Crippen molar-refractivity contribution in [2.75, 3.05) is 11.9 Å². The third-order valence-electron chi connectivity index (χ3n) is 3.04. The van der Waals surface area contributed by atoms with Crippen LogP contribution in [0.4, 0.5) is 5.69 Å². The van der Waals surface area contributed by atoms with Crippen LogP contribution >= 0.6 is 0 Å². The van der Waals surface area contributed by atoms with Crippen LogP contribution in [-0.4, -0.2) is 27.2 Å². The number of anilines is 1. The van der Waals surface area contributed by atoms with Crippen LogP contribution in [0, 0.1) is 18.8 Å². The van der Waals surface area contributed by atoms with Gasteiger partial charge in [-0.05, 0) is 31.5 Å². The highest BCUT2D eigenvalue weighted by Gasteiger charge is 2.15. The van der Waals surface area contributed by atoms with Crippen molar-refractivity contribution in [2.24, 2.45) is 5.73 Å². The molecule has 1 heterocycles. The molecule has 108 valence electrons. The smallest absolute Gasteiger partial charge is 0.249 e. The van der Waals surface area contributed by atoms with Crippen molar-refractivity contribution < 1.29 is 4.79 Å². The summed E-state index contributed by atoms with van der Waals surface area (Å²) < 4.78 is 1.50. The first-order valence-electron chi connectivity index (χ1n) is 6.56. The second kappa shape index (κ2) is 6.68. The number of aromatic nitrogens is 3. The molecule has 0 aliphatic carbocycles. The van der Waals surface area contributed by atoms with Gasteiger partial charge in [0.2, 0.25) is 5.91 Å². The molecule has 21 heavy (non-hydrogen) atoms. The van der Waals surface area contributed by atoms with Gasteiger partial charge < -0.3 is 11.1 Å². The molecule has 0 fully saturated rings. The summed E-state index contributed by atoms with van der Waals surface area (Å²) in [5.41, 5.74) is 7.97. The molecule has 1 aromatic carbocycles. The number of hydrogen-bond donors (Lipinski definition) is 2. The standard InChI is InChI=1S/C15H17N5O/c1-11-5-6-14(8-13(11)4-3-7-16)19-15(21)12(2)20-10-17-9-18-20/h5-6,8-10,12H,7,16H2,1-2H3,(H,19,21). The highest BCUT2D eigenvalue weighted by atomic mass is 16.2. The van der Waals surface area contributed by atoms with Gasteiger partial charge in [0, 0.05) is 11.3 Å². The van der Waals surface area contributed by atoms with Crippen LogP contribution in [0.15, 0.2) is 30.9 Å². The van der Waals surface area contributed by atoms with Crippen molar-refractivity contribution in [3.63, 3.8) is 0 Å². The van der Waals surface area contributed by atoms with Crippen LogP contribution in [0.5, 0.6) is 0 Å². The lowest BCUT2D eigenvalue weighted by atomic mass is 10.1. The first-order chi connectivity index (χ1) is 10.1. The molecule has 1 unspecified atom stereocenters. The molecule has 1 amide bonds. The van der Waals surface area contributed by atoms with Crippen LogP contribution in [0.3, 0.4) is 0 Å². The van der Waals surface area contributed by atoms with E-state index in [0.29, 0.717) is 12.2 Å². The summed E-state index contributed by atoms with van der Waals surface area (Å²) >= 11 is 0. The average molecular weight is 283 g/mol. The van der Waals surface area contributed by atoms with E-state index in [9.17, 15) is 4.79 Å². The van der Waals surface area contributed by atoms with Gasteiger partial charge in [0.1, 0.15) is 18.7 Å². The number of nitrogens with one attached hydrogen (secondary N) is 1. The highest BCUT2D eigenvalue weighted by Crippen LogP contribution is 2.16. The van der Waals surface area contributed by atoms with E-state index in [-0.39, 0.29) is 5.91 Å². The van der Waals surface area contributed by atoms with Gasteiger partial charge in [-0.1, -0.05) is 17.9 Å². The van der Waals surface area contributed by atoms with E-state index in [1.165, 1.54) is 17.3 Å². The fourth-order valence-corrected chi connectivity index (χ4v) is 1.76. The quantitative estimate of drug-likeness (QED) is 0.826. The van der Waals surface area contributed by atoms with E-state index in [4.69, 9.17) is 5.73 Å². The zero-order valence-electron chi connectivity index (χ0n) is 12.0. The Bertz CT molecular complexity index is 682. The zero-order chi connectivity index (χ0) is 15.2. The summed E-state index contributed by atoms with van der Waals surface area (Å²) in [4.78, 5) is 16.0. The zero-order valence-corrected chi connectivity index (χ0v) is 12.0. The molecule has 0 radical (unpaired) electrons. The first kappa shape index (κ1) is 14.8. The van der Waals surface area contributed by atoms with Crippen molar-refractivity contribution in [1.82, 2.24) is 14.8 Å². The van der Waals surface area contributed by atoms with E-state index < -0.39 is 6.04 Å². The molecule has 2 rings (SSSR count). The van der Waals surface area contributed by atoms with Gasteiger partial charge >= 0.3 is 0 Å². The molecule has 6 heteroatoms. The molecule has 0 bridgehead atoms. The topological polar surface area (TPSA) is 85.8 Å². The van der Waals surface area contributed by atoms with Gasteiger partial charge in [0.25, 0.3) is 0 Å². The lowest BCUT2D eigenvalue weighted by Crippen LogP contribution is -2.24. The summed E-state index contributed by atoms with van der Waals surface area (Å²) in [6.45, 7) is 4.02. The van der Waals surface area contributed by atoms with E-state index in [2.05, 4.69) is 27.2 Å². The second-order valence-corrected chi connectivity index (χ2v) is 4.58. The second-order valence-electron chi connectivity index (χ2n) is 4.58. The Morgan fingerprint density at radius 2 is 2.33 bits per heavy atom. The number of carbonyl (C=O) groups is 1. The molecule has 6 nitrogen and oxygen atoms in total. The van der Waals surface area contributed by atoms with E-state index >= 15 is 0 Å². The van der Waals surface area contributed by atoms with Gasteiger partial charge in [0.05, 0.1) is 6.54 Å². The molecular weight excluding hydrogens is 266 g/mol. The molecule has 3 N–H and O–H groups in total. The number of rotatable bonds is 3. The number of aryl methyl sites for hydroxylation is 1. The van der Waals surface area contributed by atoms with E-state index in [0.717, 1.165) is 11.1 Å². The van der Waals surface area contributed by atoms with Crippen LogP contribution in [0.1, 0.15) is 24.1 Å². The highest BCUT2D eigenvalue weighted by molar-refractivity contribution is 5.93. The largest absolute Gasteiger partial charge is 0.324 e. The summed E-state index contributed by atoms with van der Waals surface area (Å²) in [6.07, 6.45) is 2.91. The summed E-state index contributed by atoms with van der Waals surface area (Å²) in [7, 11) is 0.